The van der Waals surface area contributed by atoms with Gasteiger partial charge in [0.1, 0.15) is 35.4 Å². The lowest BCUT2D eigenvalue weighted by Crippen LogP contribution is -2.18. The number of nitro groups is 1. The number of nitrogens with two attached hydrogens (primary N) is 1. The number of anilines is 1. The van der Waals surface area contributed by atoms with Gasteiger partial charge >= 0.3 is 41.5 Å². The van der Waals surface area contributed by atoms with E-state index in [9.17, 15) is 38.9 Å². The van der Waals surface area contributed by atoms with E-state index in [0.29, 0.717) is 49.9 Å². The third kappa shape index (κ3) is 27.2. The predicted octanol–water partition coefficient (Wildman–Crippen LogP) is 16.2. The molecule has 0 saturated carbocycles. The number of rotatable bonds is 45. The number of benzene rings is 5. The number of carbonyl (C=O) groups is 6. The van der Waals surface area contributed by atoms with Crippen molar-refractivity contribution in [3.8, 4) is 34.5 Å². The Morgan fingerprint density at radius 1 is 0.478 bits per heavy atom. The Balaban J connectivity index is 1.16. The number of esters is 6. The second-order valence-electron chi connectivity index (χ2n) is 21.8. The lowest BCUT2D eigenvalue weighted by atomic mass is 10.0. The SMILES string of the molecule is C=CC(=O)OCCCCCCCCCCCOc1ccc(OC(=O)c2ccc(C(=O)Oc3ccc(OCCCCCCCCCCCOC(=O)C=C)cc3)c(C(=O)OCc3ccc(OC(=O)c4cc([N+](=O)[O-])c(O[C@@H](C)CCCCCC)cc4N)cc3)c2)cc1. The summed E-state index contributed by atoms with van der Waals surface area (Å²) in [5, 5.41) is 12.1. The Bertz CT molecular complexity index is 3070. The van der Waals surface area contributed by atoms with Gasteiger partial charge in [0.25, 0.3) is 0 Å². The fourth-order valence-electron chi connectivity index (χ4n) is 9.46. The zero-order valence-corrected chi connectivity index (χ0v) is 52.2. The van der Waals surface area contributed by atoms with Gasteiger partial charge < -0.3 is 48.4 Å². The van der Waals surface area contributed by atoms with Gasteiger partial charge in [0.2, 0.25) is 0 Å². The minimum atomic E-state index is -0.967. The van der Waals surface area contributed by atoms with Crippen LogP contribution in [0.4, 0.5) is 11.4 Å². The molecule has 5 aromatic rings. The molecule has 90 heavy (non-hydrogen) atoms. The van der Waals surface area contributed by atoms with Crippen LogP contribution >= 0.6 is 0 Å². The van der Waals surface area contributed by atoms with E-state index in [0.717, 1.165) is 147 Å². The van der Waals surface area contributed by atoms with E-state index in [1.54, 1.807) is 48.5 Å². The van der Waals surface area contributed by atoms with Crippen molar-refractivity contribution < 1.29 is 76.3 Å². The Kier molecular flexibility index (Phi) is 32.9. The molecule has 0 bridgehead atoms. The molecule has 0 aliphatic carbocycles. The average molecular weight is 1240 g/mol. The smallest absolute Gasteiger partial charge is 0.345 e. The number of hydrogen-bond acceptors (Lipinski definition) is 18. The summed E-state index contributed by atoms with van der Waals surface area (Å²) in [5.41, 5.74) is 5.39. The maximum atomic E-state index is 14.0. The summed E-state index contributed by atoms with van der Waals surface area (Å²) < 4.78 is 50.4. The fourth-order valence-corrected chi connectivity index (χ4v) is 9.46. The van der Waals surface area contributed by atoms with Crippen molar-refractivity contribution in [1.82, 2.24) is 0 Å². The summed E-state index contributed by atoms with van der Waals surface area (Å²) in [7, 11) is 0. The number of hydrogen-bond donors (Lipinski definition) is 1. The molecule has 0 aliphatic rings. The van der Waals surface area contributed by atoms with Crippen molar-refractivity contribution in [3.63, 3.8) is 0 Å². The zero-order valence-electron chi connectivity index (χ0n) is 52.2. The molecule has 0 amide bonds. The molecule has 0 unspecified atom stereocenters. The third-order valence-electron chi connectivity index (χ3n) is 14.5. The molecule has 1 atom stereocenters. The molecule has 5 rings (SSSR count). The second-order valence-corrected chi connectivity index (χ2v) is 21.8. The molecular weight excluding hydrogens is 1150 g/mol. The van der Waals surface area contributed by atoms with E-state index in [4.69, 9.17) is 48.4 Å². The van der Waals surface area contributed by atoms with Gasteiger partial charge in [0, 0.05) is 24.3 Å². The summed E-state index contributed by atoms with van der Waals surface area (Å²) in [4.78, 5) is 88.5. The lowest BCUT2D eigenvalue weighted by Gasteiger charge is -2.16. The number of unbranched alkanes of at least 4 members (excludes halogenated alkanes) is 19. The third-order valence-corrected chi connectivity index (χ3v) is 14.5. The number of nitrogen functional groups attached to an aromatic ring is 1. The van der Waals surface area contributed by atoms with Crippen molar-refractivity contribution >= 4 is 47.2 Å². The van der Waals surface area contributed by atoms with E-state index < -0.39 is 34.5 Å². The van der Waals surface area contributed by atoms with Crippen LogP contribution in [0.2, 0.25) is 0 Å². The van der Waals surface area contributed by atoms with Crippen molar-refractivity contribution in [3.05, 3.63) is 166 Å². The minimum absolute atomic E-state index is 0.0517. The molecule has 0 fully saturated rings. The van der Waals surface area contributed by atoms with Crippen LogP contribution < -0.4 is 34.2 Å². The van der Waals surface area contributed by atoms with E-state index in [-0.39, 0.29) is 75.6 Å². The Labute approximate surface area is 528 Å². The second kappa shape index (κ2) is 41.3. The molecule has 0 spiro atoms. The summed E-state index contributed by atoms with van der Waals surface area (Å²) in [6.45, 7) is 12.3. The van der Waals surface area contributed by atoms with Crippen LogP contribution in [0, 0.1) is 10.1 Å². The normalized spacial score (nSPS) is 11.1. The zero-order chi connectivity index (χ0) is 64.7. The average Bonchev–Trinajstić information content (AvgIpc) is 1.10. The molecule has 5 aromatic carbocycles. The van der Waals surface area contributed by atoms with Gasteiger partial charge in [-0.05, 0) is 130 Å². The Hall–Kier alpha value is -9.00. The first-order valence-corrected chi connectivity index (χ1v) is 31.5. The maximum absolute atomic E-state index is 14.0. The van der Waals surface area contributed by atoms with Crippen LogP contribution in [-0.2, 0) is 30.4 Å². The maximum Gasteiger partial charge on any atom is 0.345 e. The van der Waals surface area contributed by atoms with Gasteiger partial charge in [-0.3, -0.25) is 10.1 Å². The molecule has 19 heteroatoms. The van der Waals surface area contributed by atoms with E-state index in [1.165, 1.54) is 60.7 Å². The molecule has 0 aliphatic heterocycles. The van der Waals surface area contributed by atoms with Gasteiger partial charge in [-0.1, -0.05) is 141 Å². The van der Waals surface area contributed by atoms with Crippen molar-refractivity contribution in [2.24, 2.45) is 0 Å². The monoisotopic (exact) mass is 1240 g/mol. The van der Waals surface area contributed by atoms with E-state index in [1.807, 2.05) is 6.92 Å². The molecule has 484 valence electrons. The molecule has 0 saturated heterocycles. The van der Waals surface area contributed by atoms with E-state index >= 15 is 0 Å². The molecule has 0 radical (unpaired) electrons. The molecule has 0 heterocycles. The minimum Gasteiger partial charge on any atom is -0.494 e. The van der Waals surface area contributed by atoms with Crippen LogP contribution in [0.3, 0.4) is 0 Å². The number of nitrogens with zero attached hydrogens (tertiary/aromatic N) is 1. The van der Waals surface area contributed by atoms with Gasteiger partial charge in [0.05, 0.1) is 65.4 Å². The van der Waals surface area contributed by atoms with E-state index in [2.05, 4.69) is 20.1 Å². The summed E-state index contributed by atoms with van der Waals surface area (Å²) in [6.07, 6.45) is 25.6. The largest absolute Gasteiger partial charge is 0.494 e. The first-order chi connectivity index (χ1) is 43.7. The summed E-state index contributed by atoms with van der Waals surface area (Å²) >= 11 is 0. The summed E-state index contributed by atoms with van der Waals surface area (Å²) in [6, 6.07) is 25.1. The van der Waals surface area contributed by atoms with Gasteiger partial charge in [0.15, 0.2) is 5.75 Å². The highest BCUT2D eigenvalue weighted by Gasteiger charge is 2.26. The predicted molar refractivity (Wildman–Crippen MR) is 343 cm³/mol. The Morgan fingerprint density at radius 2 is 0.900 bits per heavy atom. The number of ether oxygens (including phenoxy) is 9. The first kappa shape index (κ1) is 71.8. The molecule has 2 N–H and O–H groups in total. The van der Waals surface area contributed by atoms with Gasteiger partial charge in [-0.15, -0.1) is 0 Å². The van der Waals surface area contributed by atoms with Crippen LogP contribution in [0.25, 0.3) is 0 Å². The van der Waals surface area contributed by atoms with Crippen molar-refractivity contribution in [1.29, 1.82) is 0 Å². The topological polar surface area (TPSA) is 255 Å². The van der Waals surface area contributed by atoms with Gasteiger partial charge in [-0.2, -0.15) is 0 Å². The van der Waals surface area contributed by atoms with Gasteiger partial charge in [-0.25, -0.2) is 28.8 Å². The molecule has 0 aromatic heterocycles. The quantitative estimate of drug-likeness (QED) is 0.00555. The highest BCUT2D eigenvalue weighted by Crippen LogP contribution is 2.34. The fraction of sp³-hybridized carbons (Fsp3) is 0.437. The highest BCUT2D eigenvalue weighted by atomic mass is 16.6. The Morgan fingerprint density at radius 3 is 1.37 bits per heavy atom. The van der Waals surface area contributed by atoms with Crippen LogP contribution in [-0.4, -0.2) is 73.3 Å². The number of nitro benzene ring substituents is 1. The van der Waals surface area contributed by atoms with Crippen molar-refractivity contribution in [2.75, 3.05) is 32.2 Å². The van der Waals surface area contributed by atoms with Crippen LogP contribution in [0.5, 0.6) is 34.5 Å². The molecule has 19 nitrogen and oxygen atoms in total. The molecular formula is C71H88N2O17. The number of carbonyl (C=O) groups excluding carboxylic acids is 6. The highest BCUT2D eigenvalue weighted by molar-refractivity contribution is 6.06. The first-order valence-electron chi connectivity index (χ1n) is 31.5. The standard InChI is InChI=1S/C71H88N2O17/c1-5-8-9-24-29-52(4)87-65-50-63(72)62(49-64(65)73(80)81)71(79)90-57-33-30-53(31-34-57)51-86-69(77)61-48-54(68(76)88-58-39-35-55(36-40-58)82-44-25-20-16-12-10-14-18-22-27-46-84-66(74)6-2)32-43-60(61)70(78)89-59-41-37-56(38-42-59)83-45-26-21-17-13-11-15-19-23-28-47-85-67(75)7-3/h6-7,30-43,48-50,52H,2-3,5,8-29,44-47,51,72H2,1,4H3/t52-/m0/s1. The lowest BCUT2D eigenvalue weighted by molar-refractivity contribution is -0.386. The van der Waals surface area contributed by atoms with Crippen LogP contribution in [0.1, 0.15) is 209 Å². The summed E-state index contributed by atoms with van der Waals surface area (Å²) in [5.74, 6) is -2.81. The van der Waals surface area contributed by atoms with Crippen LogP contribution in [0.15, 0.2) is 128 Å². The van der Waals surface area contributed by atoms with Crippen molar-refractivity contribution in [2.45, 2.75) is 174 Å².